The largest absolute Gasteiger partial charge is 0.416 e. The van der Waals surface area contributed by atoms with Crippen LogP contribution in [0, 0.1) is 11.7 Å². The van der Waals surface area contributed by atoms with E-state index in [9.17, 15) is 22.4 Å². The van der Waals surface area contributed by atoms with Gasteiger partial charge < -0.3 is 4.90 Å². The van der Waals surface area contributed by atoms with Gasteiger partial charge in [0.25, 0.3) is 5.91 Å². The quantitative estimate of drug-likeness (QED) is 0.772. The molecule has 0 aliphatic rings. The standard InChI is InChI=1S/C14H17F4NO/c1-8(2)9(3)19(4)13(20)11-7-10(14(16,17)18)5-6-12(11)15/h5-9H,1-4H3. The highest BCUT2D eigenvalue weighted by atomic mass is 19.4. The second-order valence-corrected chi connectivity index (χ2v) is 5.09. The zero-order valence-corrected chi connectivity index (χ0v) is 11.8. The van der Waals surface area contributed by atoms with Crippen molar-refractivity contribution >= 4 is 5.91 Å². The van der Waals surface area contributed by atoms with Crippen LogP contribution in [0.1, 0.15) is 36.7 Å². The third-order valence-corrected chi connectivity index (χ3v) is 3.42. The van der Waals surface area contributed by atoms with Gasteiger partial charge in [-0.3, -0.25) is 4.79 Å². The molecular formula is C14H17F4NO. The molecule has 0 radical (unpaired) electrons. The van der Waals surface area contributed by atoms with E-state index in [1.54, 1.807) is 6.92 Å². The Hall–Kier alpha value is -1.59. The van der Waals surface area contributed by atoms with Crippen LogP contribution in [0.2, 0.25) is 0 Å². The highest BCUT2D eigenvalue weighted by molar-refractivity contribution is 5.94. The average molecular weight is 291 g/mol. The molecule has 6 heteroatoms. The third-order valence-electron chi connectivity index (χ3n) is 3.42. The van der Waals surface area contributed by atoms with Crippen LogP contribution in [-0.4, -0.2) is 23.9 Å². The molecule has 1 rings (SSSR count). The summed E-state index contributed by atoms with van der Waals surface area (Å²) >= 11 is 0. The molecule has 0 heterocycles. The van der Waals surface area contributed by atoms with E-state index < -0.39 is 29.0 Å². The van der Waals surface area contributed by atoms with E-state index in [0.29, 0.717) is 18.2 Å². The van der Waals surface area contributed by atoms with Crippen LogP contribution in [0.3, 0.4) is 0 Å². The minimum Gasteiger partial charge on any atom is -0.339 e. The minimum atomic E-state index is -4.61. The Balaban J connectivity index is 3.16. The summed E-state index contributed by atoms with van der Waals surface area (Å²) in [5.41, 5.74) is -1.59. The molecule has 0 aromatic heterocycles. The summed E-state index contributed by atoms with van der Waals surface area (Å²) < 4.78 is 51.4. The van der Waals surface area contributed by atoms with Crippen molar-refractivity contribution in [3.8, 4) is 0 Å². The van der Waals surface area contributed by atoms with Crippen LogP contribution in [-0.2, 0) is 6.18 Å². The zero-order chi connectivity index (χ0) is 15.7. The molecule has 1 atom stereocenters. The summed E-state index contributed by atoms with van der Waals surface area (Å²) in [7, 11) is 1.45. The van der Waals surface area contributed by atoms with Crippen LogP contribution in [0.4, 0.5) is 17.6 Å². The molecule has 0 spiro atoms. The Kier molecular flexibility index (Phi) is 4.78. The van der Waals surface area contributed by atoms with Gasteiger partial charge in [-0.25, -0.2) is 4.39 Å². The van der Waals surface area contributed by atoms with E-state index in [2.05, 4.69) is 0 Å². The molecule has 2 nitrogen and oxygen atoms in total. The maximum absolute atomic E-state index is 13.6. The highest BCUT2D eigenvalue weighted by Crippen LogP contribution is 2.30. The smallest absolute Gasteiger partial charge is 0.339 e. The predicted molar refractivity (Wildman–Crippen MR) is 67.8 cm³/mol. The number of hydrogen-bond donors (Lipinski definition) is 0. The van der Waals surface area contributed by atoms with E-state index >= 15 is 0 Å². The van der Waals surface area contributed by atoms with Crippen molar-refractivity contribution in [2.24, 2.45) is 5.92 Å². The van der Waals surface area contributed by atoms with Crippen LogP contribution in [0.5, 0.6) is 0 Å². The summed E-state index contributed by atoms with van der Waals surface area (Å²) in [5.74, 6) is -1.60. The second-order valence-electron chi connectivity index (χ2n) is 5.09. The number of carbonyl (C=O) groups excluding carboxylic acids is 1. The molecule has 0 saturated carbocycles. The molecule has 112 valence electrons. The van der Waals surface area contributed by atoms with Gasteiger partial charge in [0.15, 0.2) is 0 Å². The topological polar surface area (TPSA) is 20.3 Å². The van der Waals surface area contributed by atoms with Crippen LogP contribution in [0.15, 0.2) is 18.2 Å². The fourth-order valence-corrected chi connectivity index (χ4v) is 1.69. The molecule has 1 aromatic rings. The highest BCUT2D eigenvalue weighted by Gasteiger charge is 2.32. The summed E-state index contributed by atoms with van der Waals surface area (Å²) in [5, 5.41) is 0. The predicted octanol–water partition coefficient (Wildman–Crippen LogP) is 3.96. The molecule has 1 amide bonds. The lowest BCUT2D eigenvalue weighted by molar-refractivity contribution is -0.137. The maximum atomic E-state index is 13.6. The summed E-state index contributed by atoms with van der Waals surface area (Å²) in [6, 6.07) is 1.64. The van der Waals surface area contributed by atoms with Gasteiger partial charge in [-0.15, -0.1) is 0 Å². The lowest BCUT2D eigenvalue weighted by Gasteiger charge is -2.28. The molecule has 0 bridgehead atoms. The molecule has 0 aliphatic heterocycles. The Morgan fingerprint density at radius 3 is 2.20 bits per heavy atom. The number of halogens is 4. The molecule has 0 fully saturated rings. The van der Waals surface area contributed by atoms with E-state index in [-0.39, 0.29) is 12.0 Å². The third kappa shape index (κ3) is 3.49. The fourth-order valence-electron chi connectivity index (χ4n) is 1.69. The lowest BCUT2D eigenvalue weighted by atomic mass is 10.0. The van der Waals surface area contributed by atoms with Crippen LogP contribution in [0.25, 0.3) is 0 Å². The SMILES string of the molecule is CC(C)C(C)N(C)C(=O)c1cc(C(F)(F)F)ccc1F. The van der Waals surface area contributed by atoms with Gasteiger partial charge in [-0.1, -0.05) is 13.8 Å². The van der Waals surface area contributed by atoms with Crippen molar-refractivity contribution in [3.05, 3.63) is 35.1 Å². The van der Waals surface area contributed by atoms with Crippen molar-refractivity contribution in [2.45, 2.75) is 33.0 Å². The Morgan fingerprint density at radius 2 is 1.75 bits per heavy atom. The van der Waals surface area contributed by atoms with E-state index in [4.69, 9.17) is 0 Å². The van der Waals surface area contributed by atoms with E-state index in [1.807, 2.05) is 13.8 Å². The van der Waals surface area contributed by atoms with Gasteiger partial charge in [0, 0.05) is 13.1 Å². The Bertz CT molecular complexity index is 496. The number of carbonyl (C=O) groups is 1. The van der Waals surface area contributed by atoms with Crippen LogP contribution < -0.4 is 0 Å². The average Bonchev–Trinajstić information content (AvgIpc) is 2.35. The van der Waals surface area contributed by atoms with E-state index in [0.717, 1.165) is 0 Å². The first-order valence-electron chi connectivity index (χ1n) is 6.19. The maximum Gasteiger partial charge on any atom is 0.416 e. The Labute approximate surface area is 115 Å². The minimum absolute atomic E-state index is 0.109. The van der Waals surface area contributed by atoms with Gasteiger partial charge in [-0.2, -0.15) is 13.2 Å². The molecule has 1 aromatic carbocycles. The van der Waals surface area contributed by atoms with Crippen molar-refractivity contribution in [1.29, 1.82) is 0 Å². The summed E-state index contributed by atoms with van der Waals surface area (Å²) in [6.07, 6.45) is -4.61. The number of amides is 1. The van der Waals surface area contributed by atoms with Crippen molar-refractivity contribution in [3.63, 3.8) is 0 Å². The first-order chi connectivity index (χ1) is 9.05. The number of hydrogen-bond acceptors (Lipinski definition) is 1. The van der Waals surface area contributed by atoms with Crippen LogP contribution >= 0.6 is 0 Å². The second kappa shape index (κ2) is 5.81. The molecule has 1 unspecified atom stereocenters. The number of benzene rings is 1. The van der Waals surface area contributed by atoms with Gasteiger partial charge in [-0.05, 0) is 31.0 Å². The lowest BCUT2D eigenvalue weighted by Crippen LogP contribution is -2.38. The number of rotatable bonds is 3. The van der Waals surface area contributed by atoms with Gasteiger partial charge in [0.1, 0.15) is 5.82 Å². The number of alkyl halides is 3. The first-order valence-corrected chi connectivity index (χ1v) is 6.19. The molecular weight excluding hydrogens is 274 g/mol. The first kappa shape index (κ1) is 16.5. The number of nitrogens with zero attached hydrogens (tertiary/aromatic N) is 1. The fraction of sp³-hybridized carbons (Fsp3) is 0.500. The van der Waals surface area contributed by atoms with Crippen molar-refractivity contribution in [1.82, 2.24) is 4.90 Å². The molecule has 0 saturated heterocycles. The van der Waals surface area contributed by atoms with Crippen molar-refractivity contribution < 1.29 is 22.4 Å². The molecule has 0 aliphatic carbocycles. The zero-order valence-electron chi connectivity index (χ0n) is 11.8. The monoisotopic (exact) mass is 291 g/mol. The summed E-state index contributed by atoms with van der Waals surface area (Å²) in [6.45, 7) is 5.50. The molecule has 20 heavy (non-hydrogen) atoms. The van der Waals surface area contributed by atoms with Gasteiger partial charge in [0.05, 0.1) is 11.1 Å². The van der Waals surface area contributed by atoms with Gasteiger partial charge >= 0.3 is 6.18 Å². The normalized spacial score (nSPS) is 13.4. The van der Waals surface area contributed by atoms with E-state index in [1.165, 1.54) is 11.9 Å². The molecule has 0 N–H and O–H groups in total. The Morgan fingerprint density at radius 1 is 1.20 bits per heavy atom. The van der Waals surface area contributed by atoms with Gasteiger partial charge in [0.2, 0.25) is 0 Å². The van der Waals surface area contributed by atoms with Crippen molar-refractivity contribution in [2.75, 3.05) is 7.05 Å². The summed E-state index contributed by atoms with van der Waals surface area (Å²) in [4.78, 5) is 13.4.